The number of hydrogen-bond donors (Lipinski definition) is 1. The van der Waals surface area contributed by atoms with Crippen molar-refractivity contribution in [1.29, 1.82) is 0 Å². The van der Waals surface area contributed by atoms with Crippen molar-refractivity contribution in [2.24, 2.45) is 0 Å². The molecule has 0 fully saturated rings. The summed E-state index contributed by atoms with van der Waals surface area (Å²) in [7, 11) is 4.43. The first-order chi connectivity index (χ1) is 13.9. The predicted molar refractivity (Wildman–Crippen MR) is 109 cm³/mol. The van der Waals surface area contributed by atoms with E-state index in [1.807, 2.05) is 0 Å². The molecule has 3 aromatic rings. The average Bonchev–Trinajstić information content (AvgIpc) is 2.74. The van der Waals surface area contributed by atoms with Gasteiger partial charge in [-0.1, -0.05) is 11.6 Å². The van der Waals surface area contributed by atoms with Gasteiger partial charge in [-0.2, -0.15) is 9.78 Å². The van der Waals surface area contributed by atoms with Gasteiger partial charge in [-0.25, -0.2) is 0 Å². The summed E-state index contributed by atoms with van der Waals surface area (Å²) in [6.07, 6.45) is 0. The first kappa shape index (κ1) is 20.2. The Morgan fingerprint density at radius 1 is 0.966 bits per heavy atom. The first-order valence-electron chi connectivity index (χ1n) is 8.44. The molecule has 150 valence electrons. The van der Waals surface area contributed by atoms with Crippen LogP contribution in [0.5, 0.6) is 17.4 Å². The first-order valence-corrected chi connectivity index (χ1v) is 8.81. The second kappa shape index (κ2) is 8.66. The summed E-state index contributed by atoms with van der Waals surface area (Å²) in [4.78, 5) is 25.1. The molecule has 2 aromatic carbocycles. The van der Waals surface area contributed by atoms with Crippen molar-refractivity contribution < 1.29 is 19.0 Å². The lowest BCUT2D eigenvalue weighted by Crippen LogP contribution is -2.26. The van der Waals surface area contributed by atoms with Gasteiger partial charge in [0, 0.05) is 28.9 Å². The van der Waals surface area contributed by atoms with Crippen LogP contribution in [-0.4, -0.2) is 37.0 Å². The molecule has 0 aliphatic heterocycles. The topological polar surface area (TPSA) is 91.7 Å². The molecule has 0 spiro atoms. The lowest BCUT2D eigenvalue weighted by atomic mass is 10.2. The second-order valence-electron chi connectivity index (χ2n) is 5.84. The van der Waals surface area contributed by atoms with Crippen molar-refractivity contribution in [3.8, 4) is 23.1 Å². The highest BCUT2D eigenvalue weighted by molar-refractivity contribution is 6.30. The van der Waals surface area contributed by atoms with E-state index in [1.54, 1.807) is 42.5 Å². The highest BCUT2D eigenvalue weighted by Crippen LogP contribution is 2.26. The molecule has 0 bridgehead atoms. The smallest absolute Gasteiger partial charge is 0.280 e. The Balaban J connectivity index is 2.06. The van der Waals surface area contributed by atoms with Crippen LogP contribution in [0.1, 0.15) is 10.5 Å². The number of aromatic nitrogens is 2. The zero-order valence-corrected chi connectivity index (χ0v) is 16.7. The van der Waals surface area contributed by atoms with Gasteiger partial charge in [0.05, 0.1) is 33.1 Å². The minimum absolute atomic E-state index is 0.147. The lowest BCUT2D eigenvalue weighted by molar-refractivity contribution is 0.101. The Morgan fingerprint density at radius 3 is 2.14 bits per heavy atom. The van der Waals surface area contributed by atoms with E-state index in [2.05, 4.69) is 10.4 Å². The van der Waals surface area contributed by atoms with Gasteiger partial charge < -0.3 is 19.5 Å². The Hall–Kier alpha value is -3.52. The maximum Gasteiger partial charge on any atom is 0.280 e. The van der Waals surface area contributed by atoms with E-state index in [4.69, 9.17) is 25.8 Å². The summed E-state index contributed by atoms with van der Waals surface area (Å²) < 4.78 is 17.1. The molecule has 0 saturated carbocycles. The number of nitrogens with one attached hydrogen (secondary N) is 1. The Morgan fingerprint density at radius 2 is 1.59 bits per heavy atom. The number of methoxy groups -OCH3 is 3. The molecule has 3 rings (SSSR count). The van der Waals surface area contributed by atoms with Crippen molar-refractivity contribution in [2.75, 3.05) is 26.6 Å². The maximum absolute atomic E-state index is 12.6. The van der Waals surface area contributed by atoms with E-state index in [9.17, 15) is 9.59 Å². The minimum atomic E-state index is -0.663. The molecular formula is C20H18ClN3O5. The molecule has 0 radical (unpaired) electrons. The van der Waals surface area contributed by atoms with Crippen LogP contribution in [0.3, 0.4) is 0 Å². The van der Waals surface area contributed by atoms with Crippen LogP contribution < -0.4 is 25.0 Å². The summed E-state index contributed by atoms with van der Waals surface area (Å²) in [5, 5.41) is 7.36. The van der Waals surface area contributed by atoms with Crippen LogP contribution in [0, 0.1) is 0 Å². The van der Waals surface area contributed by atoms with Crippen molar-refractivity contribution in [1.82, 2.24) is 9.78 Å². The van der Waals surface area contributed by atoms with Crippen LogP contribution in [0.4, 0.5) is 5.69 Å². The van der Waals surface area contributed by atoms with E-state index in [0.717, 1.165) is 0 Å². The van der Waals surface area contributed by atoms with Crippen molar-refractivity contribution in [2.45, 2.75) is 0 Å². The van der Waals surface area contributed by atoms with E-state index >= 15 is 0 Å². The van der Waals surface area contributed by atoms with Gasteiger partial charge in [0.25, 0.3) is 5.91 Å². The molecule has 1 heterocycles. The molecule has 0 aliphatic carbocycles. The quantitative estimate of drug-likeness (QED) is 0.664. The van der Waals surface area contributed by atoms with Gasteiger partial charge in [-0.15, -0.1) is 0 Å². The molecule has 0 aliphatic rings. The number of halogens is 1. The van der Waals surface area contributed by atoms with Gasteiger partial charge in [0.2, 0.25) is 11.3 Å². The number of benzene rings is 2. The van der Waals surface area contributed by atoms with Gasteiger partial charge in [0.1, 0.15) is 11.5 Å². The third-order valence-electron chi connectivity index (χ3n) is 4.00. The fourth-order valence-corrected chi connectivity index (χ4v) is 2.69. The molecule has 1 amide bonds. The summed E-state index contributed by atoms with van der Waals surface area (Å²) in [6.45, 7) is 0. The van der Waals surface area contributed by atoms with Crippen LogP contribution >= 0.6 is 11.6 Å². The average molecular weight is 416 g/mol. The number of ether oxygens (including phenoxy) is 3. The molecule has 9 heteroatoms. The lowest BCUT2D eigenvalue weighted by Gasteiger charge is -2.14. The molecule has 0 unspecified atom stereocenters. The zero-order valence-electron chi connectivity index (χ0n) is 15.9. The van der Waals surface area contributed by atoms with E-state index in [1.165, 1.54) is 32.1 Å². The molecule has 0 atom stereocenters. The summed E-state index contributed by atoms with van der Waals surface area (Å²) >= 11 is 5.85. The number of hydrogen-bond acceptors (Lipinski definition) is 6. The Labute approximate surface area is 171 Å². The van der Waals surface area contributed by atoms with Crippen LogP contribution in [0.2, 0.25) is 5.02 Å². The molecule has 1 N–H and O–H groups in total. The van der Waals surface area contributed by atoms with Crippen molar-refractivity contribution >= 4 is 23.2 Å². The van der Waals surface area contributed by atoms with Gasteiger partial charge >= 0.3 is 0 Å². The highest BCUT2D eigenvalue weighted by atomic mass is 35.5. The molecular weight excluding hydrogens is 398 g/mol. The third kappa shape index (κ3) is 4.49. The van der Waals surface area contributed by atoms with Gasteiger partial charge in [-0.05, 0) is 24.3 Å². The van der Waals surface area contributed by atoms with Crippen molar-refractivity contribution in [3.05, 3.63) is 69.5 Å². The monoisotopic (exact) mass is 415 g/mol. The number of carbonyl (C=O) groups is 1. The number of carbonyl (C=O) groups excluding carboxylic acids is 1. The molecule has 0 saturated heterocycles. The van der Waals surface area contributed by atoms with Crippen LogP contribution in [0.15, 0.2) is 53.3 Å². The minimum Gasteiger partial charge on any atom is -0.497 e. The van der Waals surface area contributed by atoms with E-state index in [-0.39, 0.29) is 11.6 Å². The van der Waals surface area contributed by atoms with Gasteiger partial charge in [-0.3, -0.25) is 9.59 Å². The zero-order chi connectivity index (χ0) is 21.0. The second-order valence-corrected chi connectivity index (χ2v) is 6.28. The van der Waals surface area contributed by atoms with Crippen LogP contribution in [-0.2, 0) is 0 Å². The van der Waals surface area contributed by atoms with Gasteiger partial charge in [0.15, 0.2) is 5.69 Å². The summed E-state index contributed by atoms with van der Waals surface area (Å²) in [6, 6.07) is 12.7. The number of nitrogens with zero attached hydrogens (tertiary/aromatic N) is 2. The molecule has 29 heavy (non-hydrogen) atoms. The summed E-state index contributed by atoms with van der Waals surface area (Å²) in [5.74, 6) is 0.500. The fourth-order valence-electron chi connectivity index (χ4n) is 2.57. The largest absolute Gasteiger partial charge is 0.497 e. The number of rotatable bonds is 6. The molecule has 8 nitrogen and oxygen atoms in total. The Bertz CT molecular complexity index is 1070. The summed E-state index contributed by atoms with van der Waals surface area (Å²) in [5.41, 5.74) is 0.0755. The van der Waals surface area contributed by atoms with E-state index in [0.29, 0.717) is 27.9 Å². The number of amides is 1. The van der Waals surface area contributed by atoms with Crippen molar-refractivity contribution in [3.63, 3.8) is 0 Å². The molecule has 1 aromatic heterocycles. The predicted octanol–water partition coefficient (Wildman–Crippen LogP) is 3.16. The number of anilines is 1. The fraction of sp³-hybridized carbons (Fsp3) is 0.150. The standard InChI is InChI=1S/C20H18ClN3O5/c1-27-15-8-14(9-16(10-15)28-2)24-18(29-3)11-17(25)19(23-24)20(26)22-13-6-4-12(21)5-7-13/h4-11H,1-3H3,(H,22,26). The SMILES string of the molecule is COc1cc(OC)cc(-n2nc(C(=O)Nc3ccc(Cl)cc3)c(=O)cc2OC)c1. The van der Waals surface area contributed by atoms with E-state index < -0.39 is 11.3 Å². The van der Waals surface area contributed by atoms with Crippen LogP contribution in [0.25, 0.3) is 5.69 Å². The normalized spacial score (nSPS) is 10.3. The Kier molecular flexibility index (Phi) is 6.04. The third-order valence-corrected chi connectivity index (χ3v) is 4.26. The highest BCUT2D eigenvalue weighted by Gasteiger charge is 2.18. The maximum atomic E-state index is 12.6.